The van der Waals surface area contributed by atoms with Crippen LogP contribution in [0.25, 0.3) is 0 Å². The van der Waals surface area contributed by atoms with Gasteiger partial charge in [-0.05, 0) is 41.8 Å². The fourth-order valence-electron chi connectivity index (χ4n) is 1.81. The van der Waals surface area contributed by atoms with E-state index in [1.165, 1.54) is 6.07 Å². The van der Waals surface area contributed by atoms with Gasteiger partial charge in [0.1, 0.15) is 11.9 Å². The highest BCUT2D eigenvalue weighted by Crippen LogP contribution is 2.24. The van der Waals surface area contributed by atoms with Crippen molar-refractivity contribution in [2.45, 2.75) is 13.0 Å². The van der Waals surface area contributed by atoms with Gasteiger partial charge in [-0.2, -0.15) is 5.26 Å². The van der Waals surface area contributed by atoms with Crippen molar-refractivity contribution in [3.8, 4) is 6.07 Å². The largest absolute Gasteiger partial charge is 0.384 e. The van der Waals surface area contributed by atoms with Crippen LogP contribution in [0.15, 0.2) is 42.5 Å². The zero-order valence-corrected chi connectivity index (χ0v) is 9.89. The lowest BCUT2D eigenvalue weighted by molar-refractivity contribution is 0.220. The van der Waals surface area contributed by atoms with Crippen molar-refractivity contribution in [1.29, 1.82) is 5.26 Å². The number of nitrogens with zero attached hydrogens (tertiary/aromatic N) is 1. The Kier molecular flexibility index (Phi) is 3.40. The molecule has 0 aliphatic rings. The Morgan fingerprint density at radius 2 is 1.89 bits per heavy atom. The summed E-state index contributed by atoms with van der Waals surface area (Å²) in [6.07, 6.45) is -0.849. The molecule has 90 valence electrons. The molecule has 0 heterocycles. The third-order valence-corrected chi connectivity index (χ3v) is 2.83. The van der Waals surface area contributed by atoms with Crippen LogP contribution in [0.5, 0.6) is 0 Å². The summed E-state index contributed by atoms with van der Waals surface area (Å²) in [6.45, 7) is 1.65. The maximum atomic E-state index is 13.2. The molecule has 2 aromatic carbocycles. The summed E-state index contributed by atoms with van der Waals surface area (Å²) in [5.41, 5.74) is 2.22. The molecule has 2 nitrogen and oxygen atoms in total. The Bertz CT molecular complexity index is 616. The number of halogens is 1. The number of benzene rings is 2. The van der Waals surface area contributed by atoms with E-state index in [0.29, 0.717) is 22.3 Å². The summed E-state index contributed by atoms with van der Waals surface area (Å²) in [5, 5.41) is 19.0. The van der Waals surface area contributed by atoms with Crippen molar-refractivity contribution in [1.82, 2.24) is 0 Å². The van der Waals surface area contributed by atoms with E-state index < -0.39 is 6.10 Å². The van der Waals surface area contributed by atoms with E-state index in [0.717, 1.165) is 0 Å². The molecule has 0 fully saturated rings. The van der Waals surface area contributed by atoms with Gasteiger partial charge in [-0.25, -0.2) is 4.39 Å². The number of hydrogen-bond acceptors (Lipinski definition) is 2. The summed E-state index contributed by atoms with van der Waals surface area (Å²) in [6, 6.07) is 13.3. The lowest BCUT2D eigenvalue weighted by atomic mass is 9.98. The molecule has 0 radical (unpaired) electrons. The molecule has 0 saturated heterocycles. The van der Waals surface area contributed by atoms with Gasteiger partial charge in [0.25, 0.3) is 0 Å². The molecule has 0 aliphatic heterocycles. The minimum atomic E-state index is -0.849. The Hall–Kier alpha value is -2.18. The van der Waals surface area contributed by atoms with Gasteiger partial charge >= 0.3 is 0 Å². The molecular formula is C15H12FNO. The van der Waals surface area contributed by atoms with Crippen molar-refractivity contribution in [2.75, 3.05) is 0 Å². The number of nitriles is 1. The van der Waals surface area contributed by atoms with Crippen LogP contribution < -0.4 is 0 Å². The third kappa shape index (κ3) is 2.39. The Morgan fingerprint density at radius 1 is 1.17 bits per heavy atom. The molecule has 2 rings (SSSR count). The zero-order valence-electron chi connectivity index (χ0n) is 9.89. The smallest absolute Gasteiger partial charge is 0.126 e. The van der Waals surface area contributed by atoms with Gasteiger partial charge in [-0.15, -0.1) is 0 Å². The number of hydrogen-bond donors (Lipinski definition) is 1. The second-order valence-electron chi connectivity index (χ2n) is 4.15. The monoisotopic (exact) mass is 241 g/mol. The summed E-state index contributed by atoms with van der Waals surface area (Å²) in [5.74, 6) is -0.295. The van der Waals surface area contributed by atoms with Gasteiger partial charge in [0.05, 0.1) is 11.6 Å². The molecule has 2 aromatic rings. The first-order valence-corrected chi connectivity index (χ1v) is 5.56. The predicted molar refractivity (Wildman–Crippen MR) is 66.4 cm³/mol. The van der Waals surface area contributed by atoms with Crippen LogP contribution in [0.4, 0.5) is 4.39 Å². The number of aliphatic hydroxyl groups is 1. The molecule has 1 N–H and O–H groups in total. The normalized spacial score (nSPS) is 11.9. The molecule has 0 aliphatic carbocycles. The van der Waals surface area contributed by atoms with Crippen LogP contribution in [-0.4, -0.2) is 5.11 Å². The van der Waals surface area contributed by atoms with E-state index in [1.54, 1.807) is 43.3 Å². The Morgan fingerprint density at radius 3 is 2.56 bits per heavy atom. The van der Waals surface area contributed by atoms with Crippen LogP contribution in [0, 0.1) is 24.1 Å². The summed E-state index contributed by atoms with van der Waals surface area (Å²) in [4.78, 5) is 0. The minimum absolute atomic E-state index is 0.295. The Labute approximate surface area is 105 Å². The van der Waals surface area contributed by atoms with Gasteiger partial charge < -0.3 is 5.11 Å². The fourth-order valence-corrected chi connectivity index (χ4v) is 1.81. The second-order valence-corrected chi connectivity index (χ2v) is 4.15. The lowest BCUT2D eigenvalue weighted by Crippen LogP contribution is -2.01. The van der Waals surface area contributed by atoms with Gasteiger partial charge in [0, 0.05) is 0 Å². The van der Waals surface area contributed by atoms with Crippen molar-refractivity contribution < 1.29 is 9.50 Å². The van der Waals surface area contributed by atoms with E-state index in [4.69, 9.17) is 5.26 Å². The quantitative estimate of drug-likeness (QED) is 0.878. The highest BCUT2D eigenvalue weighted by atomic mass is 19.1. The predicted octanol–water partition coefficient (Wildman–Crippen LogP) is 3.09. The SMILES string of the molecule is Cc1cc(C(O)c2cccc(C#N)c2)ccc1F. The van der Waals surface area contributed by atoms with Crippen LogP contribution in [0.3, 0.4) is 0 Å². The highest BCUT2D eigenvalue weighted by Gasteiger charge is 2.12. The van der Waals surface area contributed by atoms with E-state index in [9.17, 15) is 9.50 Å². The number of aliphatic hydroxyl groups excluding tert-OH is 1. The number of rotatable bonds is 2. The molecule has 18 heavy (non-hydrogen) atoms. The van der Waals surface area contributed by atoms with Crippen LogP contribution >= 0.6 is 0 Å². The molecule has 1 unspecified atom stereocenters. The minimum Gasteiger partial charge on any atom is -0.384 e. The maximum Gasteiger partial charge on any atom is 0.126 e. The van der Waals surface area contributed by atoms with Crippen molar-refractivity contribution in [3.05, 3.63) is 70.5 Å². The van der Waals surface area contributed by atoms with Crippen molar-refractivity contribution in [2.24, 2.45) is 0 Å². The molecule has 0 bridgehead atoms. The highest BCUT2D eigenvalue weighted by molar-refractivity contribution is 5.38. The van der Waals surface area contributed by atoms with Gasteiger partial charge in [0.15, 0.2) is 0 Å². The summed E-state index contributed by atoms with van der Waals surface area (Å²) < 4.78 is 13.2. The summed E-state index contributed by atoms with van der Waals surface area (Å²) >= 11 is 0. The molecular weight excluding hydrogens is 229 g/mol. The average Bonchev–Trinajstić information content (AvgIpc) is 2.41. The zero-order chi connectivity index (χ0) is 13.1. The van der Waals surface area contributed by atoms with E-state index in [-0.39, 0.29) is 5.82 Å². The van der Waals surface area contributed by atoms with Gasteiger partial charge in [-0.1, -0.05) is 24.3 Å². The molecule has 3 heteroatoms. The molecule has 1 atom stereocenters. The van der Waals surface area contributed by atoms with Crippen LogP contribution in [0.2, 0.25) is 0 Å². The van der Waals surface area contributed by atoms with Crippen LogP contribution in [-0.2, 0) is 0 Å². The Balaban J connectivity index is 2.38. The van der Waals surface area contributed by atoms with Gasteiger partial charge in [-0.3, -0.25) is 0 Å². The first kappa shape index (κ1) is 12.3. The molecule has 0 spiro atoms. The van der Waals surface area contributed by atoms with E-state index in [2.05, 4.69) is 0 Å². The average molecular weight is 241 g/mol. The number of aryl methyl sites for hydroxylation is 1. The van der Waals surface area contributed by atoms with Crippen LogP contribution in [0.1, 0.15) is 28.4 Å². The van der Waals surface area contributed by atoms with Crippen molar-refractivity contribution in [3.63, 3.8) is 0 Å². The first-order chi connectivity index (χ1) is 8.61. The standard InChI is InChI=1S/C15H12FNO/c1-10-7-13(5-6-14(10)16)15(18)12-4-2-3-11(8-12)9-17/h2-8,15,18H,1H3. The van der Waals surface area contributed by atoms with Gasteiger partial charge in [0.2, 0.25) is 0 Å². The van der Waals surface area contributed by atoms with Crippen molar-refractivity contribution >= 4 is 0 Å². The third-order valence-electron chi connectivity index (χ3n) is 2.83. The second kappa shape index (κ2) is 4.99. The molecule has 0 amide bonds. The summed E-state index contributed by atoms with van der Waals surface area (Å²) in [7, 11) is 0. The van der Waals surface area contributed by atoms with E-state index in [1.807, 2.05) is 6.07 Å². The lowest BCUT2D eigenvalue weighted by Gasteiger charge is -2.12. The molecule has 0 aromatic heterocycles. The maximum absolute atomic E-state index is 13.2. The fraction of sp³-hybridized carbons (Fsp3) is 0.133. The first-order valence-electron chi connectivity index (χ1n) is 5.56. The molecule has 0 saturated carbocycles. The topological polar surface area (TPSA) is 44.0 Å². The van der Waals surface area contributed by atoms with E-state index >= 15 is 0 Å².